The fourth-order valence-corrected chi connectivity index (χ4v) is 0.979. The second-order valence-corrected chi connectivity index (χ2v) is 2.38. The highest BCUT2D eigenvalue weighted by Gasteiger charge is 2.15. The summed E-state index contributed by atoms with van der Waals surface area (Å²) in [5.74, 6) is 0. The average molecular weight is 183 g/mol. The number of nitrogens with zero attached hydrogens (tertiary/aromatic N) is 2. The highest BCUT2D eigenvalue weighted by Crippen LogP contribution is 2.23. The second-order valence-electron chi connectivity index (χ2n) is 2.38. The Morgan fingerprint density at radius 3 is 2.69 bits per heavy atom. The molecule has 0 spiro atoms. The van der Waals surface area contributed by atoms with E-state index in [2.05, 4.69) is 4.98 Å². The summed E-state index contributed by atoms with van der Waals surface area (Å²) in [4.78, 5) is 3.57. The molecule has 0 saturated carbocycles. The molecule has 0 bridgehead atoms. The first-order valence-corrected chi connectivity index (χ1v) is 3.55. The Hall–Kier alpha value is -1.54. The van der Waals surface area contributed by atoms with E-state index in [1.807, 2.05) is 0 Å². The average Bonchev–Trinajstić information content (AvgIpc) is 2.16. The van der Waals surface area contributed by atoms with E-state index < -0.39 is 6.43 Å². The summed E-state index contributed by atoms with van der Waals surface area (Å²) in [7, 11) is 0. The lowest BCUT2D eigenvalue weighted by Gasteiger charge is -2.05. The van der Waals surface area contributed by atoms with Gasteiger partial charge in [-0.2, -0.15) is 5.26 Å². The molecule has 0 aliphatic rings. The van der Waals surface area contributed by atoms with Crippen molar-refractivity contribution in [3.8, 4) is 6.07 Å². The molecule has 13 heavy (non-hydrogen) atoms. The molecule has 0 atom stereocenters. The predicted molar refractivity (Wildman–Crippen MR) is 41.8 cm³/mol. The molecule has 3 nitrogen and oxygen atoms in total. The maximum Gasteiger partial charge on any atom is 0.266 e. The van der Waals surface area contributed by atoms with Crippen molar-refractivity contribution in [1.29, 1.82) is 5.26 Å². The number of halogens is 2. The van der Waals surface area contributed by atoms with Crippen molar-refractivity contribution in [2.24, 2.45) is 5.73 Å². The number of aromatic nitrogens is 1. The van der Waals surface area contributed by atoms with E-state index in [0.717, 1.165) is 6.20 Å². The van der Waals surface area contributed by atoms with Crippen LogP contribution in [0.5, 0.6) is 0 Å². The smallest absolute Gasteiger partial charge is 0.266 e. The largest absolute Gasteiger partial charge is 0.326 e. The normalized spacial score (nSPS) is 10.1. The molecule has 0 aliphatic heterocycles. The molecule has 0 aliphatic carbocycles. The summed E-state index contributed by atoms with van der Waals surface area (Å²) >= 11 is 0. The van der Waals surface area contributed by atoms with Gasteiger partial charge >= 0.3 is 0 Å². The monoisotopic (exact) mass is 183 g/mol. The molecule has 1 rings (SSSR count). The van der Waals surface area contributed by atoms with E-state index >= 15 is 0 Å². The Bertz CT molecular complexity index is 344. The van der Waals surface area contributed by atoms with Crippen LogP contribution in [0.4, 0.5) is 8.78 Å². The summed E-state index contributed by atoms with van der Waals surface area (Å²) in [6.07, 6.45) is -0.374. The summed E-state index contributed by atoms with van der Waals surface area (Å²) in [6.45, 7) is 0.0381. The molecular weight excluding hydrogens is 176 g/mol. The van der Waals surface area contributed by atoms with Crippen molar-refractivity contribution in [2.75, 3.05) is 0 Å². The first kappa shape index (κ1) is 9.55. The van der Waals surface area contributed by atoms with Crippen molar-refractivity contribution in [2.45, 2.75) is 13.0 Å². The first-order chi connectivity index (χ1) is 6.20. The fraction of sp³-hybridized carbons (Fsp3) is 0.250. The molecule has 5 heteroatoms. The van der Waals surface area contributed by atoms with Gasteiger partial charge in [-0.3, -0.25) is 4.98 Å². The second kappa shape index (κ2) is 3.92. The zero-order valence-electron chi connectivity index (χ0n) is 6.67. The number of nitriles is 1. The van der Waals surface area contributed by atoms with Crippen LogP contribution in [-0.4, -0.2) is 4.98 Å². The number of hydrogen-bond acceptors (Lipinski definition) is 3. The van der Waals surface area contributed by atoms with Crippen LogP contribution >= 0.6 is 0 Å². The quantitative estimate of drug-likeness (QED) is 0.752. The highest BCUT2D eigenvalue weighted by molar-refractivity contribution is 5.42. The maximum absolute atomic E-state index is 12.3. The minimum absolute atomic E-state index is 0.0381. The molecule has 0 unspecified atom stereocenters. The van der Waals surface area contributed by atoms with Crippen LogP contribution < -0.4 is 5.73 Å². The molecule has 0 radical (unpaired) electrons. The van der Waals surface area contributed by atoms with Crippen LogP contribution in [0.3, 0.4) is 0 Å². The zero-order valence-corrected chi connectivity index (χ0v) is 6.67. The molecule has 1 heterocycles. The number of alkyl halides is 2. The zero-order chi connectivity index (χ0) is 9.84. The van der Waals surface area contributed by atoms with Gasteiger partial charge in [0.15, 0.2) is 0 Å². The first-order valence-electron chi connectivity index (χ1n) is 3.55. The lowest BCUT2D eigenvalue weighted by atomic mass is 10.1. The van der Waals surface area contributed by atoms with E-state index in [-0.39, 0.29) is 17.7 Å². The summed E-state index contributed by atoms with van der Waals surface area (Å²) in [6, 6.07) is 1.70. The third-order valence-electron chi connectivity index (χ3n) is 1.62. The Morgan fingerprint density at radius 2 is 2.23 bits per heavy atom. The van der Waals surface area contributed by atoms with Crippen molar-refractivity contribution in [3.63, 3.8) is 0 Å². The van der Waals surface area contributed by atoms with Gasteiger partial charge in [0.05, 0.1) is 11.1 Å². The van der Waals surface area contributed by atoms with Crippen LogP contribution in [-0.2, 0) is 6.54 Å². The molecule has 0 saturated heterocycles. The van der Waals surface area contributed by atoms with Crippen molar-refractivity contribution < 1.29 is 8.78 Å². The van der Waals surface area contributed by atoms with Gasteiger partial charge in [-0.15, -0.1) is 0 Å². The minimum atomic E-state index is -2.69. The molecule has 2 N–H and O–H groups in total. The van der Waals surface area contributed by atoms with Crippen LogP contribution in [0.15, 0.2) is 12.4 Å². The molecular formula is C8H7F2N3. The van der Waals surface area contributed by atoms with Crippen LogP contribution in [0, 0.1) is 11.3 Å². The molecule has 68 valence electrons. The fourth-order valence-electron chi connectivity index (χ4n) is 0.979. The Labute approximate surface area is 73.8 Å². The predicted octanol–water partition coefficient (Wildman–Crippen LogP) is 1.35. The van der Waals surface area contributed by atoms with Crippen molar-refractivity contribution in [3.05, 3.63) is 29.1 Å². The SMILES string of the molecule is N#Cc1c(CN)cncc1C(F)F. The van der Waals surface area contributed by atoms with Gasteiger partial charge in [-0.25, -0.2) is 8.78 Å². The third-order valence-corrected chi connectivity index (χ3v) is 1.62. The van der Waals surface area contributed by atoms with E-state index in [1.54, 1.807) is 6.07 Å². The van der Waals surface area contributed by atoms with Crippen LogP contribution in [0.25, 0.3) is 0 Å². The number of hydrogen-bond donors (Lipinski definition) is 1. The van der Waals surface area contributed by atoms with Gasteiger partial charge in [0.2, 0.25) is 0 Å². The Kier molecular flexibility index (Phi) is 2.88. The number of pyridine rings is 1. The van der Waals surface area contributed by atoms with E-state index in [1.165, 1.54) is 6.20 Å². The van der Waals surface area contributed by atoms with E-state index in [4.69, 9.17) is 11.0 Å². The topological polar surface area (TPSA) is 62.7 Å². The molecule has 0 aromatic carbocycles. The summed E-state index contributed by atoms with van der Waals surface area (Å²) < 4.78 is 24.6. The summed E-state index contributed by atoms with van der Waals surface area (Å²) in [5, 5.41) is 8.61. The van der Waals surface area contributed by atoms with Crippen molar-refractivity contribution in [1.82, 2.24) is 4.98 Å². The van der Waals surface area contributed by atoms with E-state index in [0.29, 0.717) is 5.56 Å². The van der Waals surface area contributed by atoms with Gasteiger partial charge in [0.1, 0.15) is 6.07 Å². The summed E-state index contributed by atoms with van der Waals surface area (Å²) in [5.41, 5.74) is 5.19. The molecule has 1 aromatic heterocycles. The standard InChI is InChI=1S/C8H7F2N3/c9-8(10)7-4-13-3-5(1-11)6(7)2-12/h3-4,8H,1,11H2. The van der Waals surface area contributed by atoms with E-state index in [9.17, 15) is 8.78 Å². The van der Waals surface area contributed by atoms with Gasteiger partial charge in [-0.1, -0.05) is 0 Å². The lowest BCUT2D eigenvalue weighted by molar-refractivity contribution is 0.150. The maximum atomic E-state index is 12.3. The molecule has 0 fully saturated rings. The Morgan fingerprint density at radius 1 is 1.54 bits per heavy atom. The highest BCUT2D eigenvalue weighted by atomic mass is 19.3. The van der Waals surface area contributed by atoms with Gasteiger partial charge in [0, 0.05) is 24.5 Å². The molecule has 0 amide bonds. The number of rotatable bonds is 2. The van der Waals surface area contributed by atoms with Gasteiger partial charge < -0.3 is 5.73 Å². The van der Waals surface area contributed by atoms with Gasteiger partial charge in [-0.05, 0) is 0 Å². The van der Waals surface area contributed by atoms with Crippen LogP contribution in [0.1, 0.15) is 23.1 Å². The number of nitrogens with two attached hydrogens (primary N) is 1. The third kappa shape index (κ3) is 1.79. The van der Waals surface area contributed by atoms with Crippen molar-refractivity contribution >= 4 is 0 Å². The van der Waals surface area contributed by atoms with Crippen LogP contribution in [0.2, 0.25) is 0 Å². The lowest BCUT2D eigenvalue weighted by Crippen LogP contribution is -2.04. The minimum Gasteiger partial charge on any atom is -0.326 e. The van der Waals surface area contributed by atoms with Gasteiger partial charge in [0.25, 0.3) is 6.43 Å². The molecule has 1 aromatic rings. The Balaban J connectivity index is 3.29.